The zero-order valence-electron chi connectivity index (χ0n) is 7.01. The molecule has 0 saturated carbocycles. The first-order valence-corrected chi connectivity index (χ1v) is 5.00. The van der Waals surface area contributed by atoms with Gasteiger partial charge in [0.25, 0.3) is 10.0 Å². The Bertz CT molecular complexity index is 409. The SMILES string of the molecule is NC(CNS(=O)(=O)c1ccn[nH]1)=NO. The third-order valence-corrected chi connectivity index (χ3v) is 2.67. The van der Waals surface area contributed by atoms with Crippen LogP contribution in [0.2, 0.25) is 0 Å². The molecule has 0 aliphatic heterocycles. The first-order chi connectivity index (χ1) is 6.56. The normalized spacial score (nSPS) is 13.0. The molecule has 1 rings (SSSR count). The van der Waals surface area contributed by atoms with Gasteiger partial charge in [0, 0.05) is 0 Å². The molecule has 5 N–H and O–H groups in total. The monoisotopic (exact) mass is 219 g/mol. The summed E-state index contributed by atoms with van der Waals surface area (Å²) in [5, 5.41) is 16.5. The van der Waals surface area contributed by atoms with Gasteiger partial charge in [-0.1, -0.05) is 5.16 Å². The molecule has 0 aliphatic rings. The van der Waals surface area contributed by atoms with Crippen molar-refractivity contribution in [1.29, 1.82) is 0 Å². The van der Waals surface area contributed by atoms with Gasteiger partial charge in [0.1, 0.15) is 0 Å². The van der Waals surface area contributed by atoms with Gasteiger partial charge < -0.3 is 10.9 Å². The number of hydrogen-bond donors (Lipinski definition) is 4. The number of oxime groups is 1. The predicted molar refractivity (Wildman–Crippen MR) is 47.2 cm³/mol. The van der Waals surface area contributed by atoms with E-state index in [9.17, 15) is 8.42 Å². The van der Waals surface area contributed by atoms with Gasteiger partial charge in [0.2, 0.25) is 0 Å². The topological polar surface area (TPSA) is 133 Å². The Balaban J connectivity index is 2.70. The summed E-state index contributed by atoms with van der Waals surface area (Å²) in [5.74, 6) is -0.229. The van der Waals surface area contributed by atoms with Crippen LogP contribution < -0.4 is 10.5 Å². The van der Waals surface area contributed by atoms with Crippen molar-refractivity contribution in [3.05, 3.63) is 12.3 Å². The highest BCUT2D eigenvalue weighted by Gasteiger charge is 2.14. The zero-order chi connectivity index (χ0) is 10.6. The third-order valence-electron chi connectivity index (χ3n) is 1.34. The van der Waals surface area contributed by atoms with Crippen LogP contribution in [0.1, 0.15) is 0 Å². The highest BCUT2D eigenvalue weighted by molar-refractivity contribution is 7.89. The van der Waals surface area contributed by atoms with Gasteiger partial charge in [-0.2, -0.15) is 5.10 Å². The Labute approximate surface area is 79.9 Å². The Morgan fingerprint density at radius 2 is 2.50 bits per heavy atom. The predicted octanol–water partition coefficient (Wildman–Crippen LogP) is -1.57. The largest absolute Gasteiger partial charge is 0.409 e. The molecule has 0 atom stereocenters. The summed E-state index contributed by atoms with van der Waals surface area (Å²) in [5.41, 5.74) is 5.08. The van der Waals surface area contributed by atoms with E-state index in [1.54, 1.807) is 0 Å². The van der Waals surface area contributed by atoms with E-state index in [2.05, 4.69) is 20.1 Å². The van der Waals surface area contributed by atoms with Crippen molar-refractivity contribution in [1.82, 2.24) is 14.9 Å². The van der Waals surface area contributed by atoms with Crippen molar-refractivity contribution in [2.45, 2.75) is 5.03 Å². The minimum absolute atomic E-state index is 0.0803. The smallest absolute Gasteiger partial charge is 0.257 e. The zero-order valence-corrected chi connectivity index (χ0v) is 7.82. The van der Waals surface area contributed by atoms with Crippen molar-refractivity contribution in [2.75, 3.05) is 6.54 Å². The second kappa shape index (κ2) is 4.07. The molecule has 8 nitrogen and oxygen atoms in total. The summed E-state index contributed by atoms with van der Waals surface area (Å²) in [4.78, 5) is 0. The van der Waals surface area contributed by atoms with Gasteiger partial charge in [-0.15, -0.1) is 0 Å². The van der Waals surface area contributed by atoms with Gasteiger partial charge in [-0.25, -0.2) is 13.1 Å². The highest BCUT2D eigenvalue weighted by atomic mass is 32.2. The molecule has 0 spiro atoms. The van der Waals surface area contributed by atoms with E-state index in [1.165, 1.54) is 12.3 Å². The van der Waals surface area contributed by atoms with E-state index in [-0.39, 0.29) is 17.4 Å². The molecule has 78 valence electrons. The number of amidine groups is 1. The maximum atomic E-state index is 11.3. The number of nitrogens with two attached hydrogens (primary N) is 1. The molecule has 0 aromatic carbocycles. The first-order valence-electron chi connectivity index (χ1n) is 3.51. The molecule has 0 unspecified atom stereocenters. The molecule has 9 heteroatoms. The fourth-order valence-corrected chi connectivity index (χ4v) is 1.58. The fraction of sp³-hybridized carbons (Fsp3) is 0.200. The molecule has 0 radical (unpaired) electrons. The summed E-state index contributed by atoms with van der Waals surface area (Å²) in [7, 11) is -3.66. The second-order valence-electron chi connectivity index (χ2n) is 2.34. The van der Waals surface area contributed by atoms with Crippen molar-refractivity contribution >= 4 is 15.9 Å². The van der Waals surface area contributed by atoms with Crippen LogP contribution in [-0.4, -0.2) is 36.2 Å². The quantitative estimate of drug-likeness (QED) is 0.210. The summed E-state index contributed by atoms with van der Waals surface area (Å²) >= 11 is 0. The van der Waals surface area contributed by atoms with Crippen LogP contribution in [0, 0.1) is 0 Å². The maximum Gasteiger partial charge on any atom is 0.257 e. The van der Waals surface area contributed by atoms with Crippen molar-refractivity contribution in [3.8, 4) is 0 Å². The number of nitrogens with zero attached hydrogens (tertiary/aromatic N) is 2. The Hall–Kier alpha value is -1.61. The summed E-state index contributed by atoms with van der Waals surface area (Å²) in [6, 6.07) is 1.29. The van der Waals surface area contributed by atoms with Crippen molar-refractivity contribution in [3.63, 3.8) is 0 Å². The van der Waals surface area contributed by atoms with Crippen LogP contribution in [-0.2, 0) is 10.0 Å². The number of nitrogens with one attached hydrogen (secondary N) is 2. The Morgan fingerprint density at radius 3 is 3.00 bits per heavy atom. The lowest BCUT2D eigenvalue weighted by atomic mass is 10.6. The molecule has 0 amide bonds. The summed E-state index contributed by atoms with van der Waals surface area (Å²) in [6.45, 7) is -0.266. The van der Waals surface area contributed by atoms with E-state index in [0.717, 1.165) is 0 Å². The maximum absolute atomic E-state index is 11.3. The van der Waals surface area contributed by atoms with Crippen LogP contribution in [0.3, 0.4) is 0 Å². The lowest BCUT2D eigenvalue weighted by Gasteiger charge is -2.02. The average molecular weight is 219 g/mol. The number of aromatic amines is 1. The van der Waals surface area contributed by atoms with Crippen LogP contribution in [0.15, 0.2) is 22.4 Å². The number of rotatable bonds is 4. The second-order valence-corrected chi connectivity index (χ2v) is 4.07. The van der Waals surface area contributed by atoms with Crippen molar-refractivity contribution < 1.29 is 13.6 Å². The molecule has 0 saturated heterocycles. The molecule has 14 heavy (non-hydrogen) atoms. The Kier molecular flexibility index (Phi) is 3.04. The van der Waals surface area contributed by atoms with Crippen LogP contribution in [0.4, 0.5) is 0 Å². The molecule has 1 heterocycles. The lowest BCUT2D eigenvalue weighted by Crippen LogP contribution is -2.33. The van der Waals surface area contributed by atoms with E-state index in [1.807, 2.05) is 0 Å². The standard InChI is InChI=1S/C5H9N5O3S/c6-4(10-11)3-8-14(12,13)5-1-2-7-9-5/h1-2,8,11H,3H2,(H2,6,10)(H,7,9). The third kappa shape index (κ3) is 2.44. The van der Waals surface area contributed by atoms with Gasteiger partial charge in [0.05, 0.1) is 12.7 Å². The van der Waals surface area contributed by atoms with Gasteiger partial charge in [-0.05, 0) is 6.07 Å². The van der Waals surface area contributed by atoms with E-state index >= 15 is 0 Å². The van der Waals surface area contributed by atoms with Gasteiger partial charge >= 0.3 is 0 Å². The van der Waals surface area contributed by atoms with Crippen molar-refractivity contribution in [2.24, 2.45) is 10.9 Å². The molecule has 0 bridgehead atoms. The minimum Gasteiger partial charge on any atom is -0.409 e. The molecule has 0 aliphatic carbocycles. The molecule has 1 aromatic heterocycles. The highest BCUT2D eigenvalue weighted by Crippen LogP contribution is 2.00. The van der Waals surface area contributed by atoms with Crippen LogP contribution in [0.25, 0.3) is 0 Å². The molecular formula is C5H9N5O3S. The first kappa shape index (κ1) is 10.5. The van der Waals surface area contributed by atoms with E-state index in [0.29, 0.717) is 0 Å². The summed E-state index contributed by atoms with van der Waals surface area (Å²) < 4.78 is 24.8. The van der Waals surface area contributed by atoms with Gasteiger partial charge in [0.15, 0.2) is 10.9 Å². The van der Waals surface area contributed by atoms with E-state index < -0.39 is 10.0 Å². The lowest BCUT2D eigenvalue weighted by molar-refractivity contribution is 0.317. The number of aromatic nitrogens is 2. The Morgan fingerprint density at radius 1 is 1.79 bits per heavy atom. The molecule has 1 aromatic rings. The van der Waals surface area contributed by atoms with E-state index in [4.69, 9.17) is 10.9 Å². The average Bonchev–Trinajstić information content (AvgIpc) is 2.67. The minimum atomic E-state index is -3.66. The molecule has 0 fully saturated rings. The van der Waals surface area contributed by atoms with Crippen LogP contribution >= 0.6 is 0 Å². The molecular weight excluding hydrogens is 210 g/mol. The number of hydrogen-bond acceptors (Lipinski definition) is 5. The number of H-pyrrole nitrogens is 1. The summed E-state index contributed by atoms with van der Waals surface area (Å²) in [6.07, 6.45) is 1.30. The number of sulfonamides is 1. The fourth-order valence-electron chi connectivity index (χ4n) is 0.675. The van der Waals surface area contributed by atoms with Crippen LogP contribution in [0.5, 0.6) is 0 Å². The van der Waals surface area contributed by atoms with Gasteiger partial charge in [-0.3, -0.25) is 5.10 Å².